The molecule has 0 amide bonds. The van der Waals surface area contributed by atoms with E-state index in [0.717, 1.165) is 38.2 Å². The number of hydrogen-bond donors (Lipinski definition) is 0. The molecule has 1 fully saturated rings. The minimum absolute atomic E-state index is 0.354. The van der Waals surface area contributed by atoms with Crippen LogP contribution in [-0.4, -0.2) is 29.5 Å². The van der Waals surface area contributed by atoms with Crippen LogP contribution in [0.2, 0.25) is 0 Å². The summed E-state index contributed by atoms with van der Waals surface area (Å²) in [6.45, 7) is 5.24. The summed E-state index contributed by atoms with van der Waals surface area (Å²) in [5, 5.41) is 9.45. The summed E-state index contributed by atoms with van der Waals surface area (Å²) in [5.74, 6) is 0. The van der Waals surface area contributed by atoms with Gasteiger partial charge in [0.15, 0.2) is 0 Å². The monoisotopic (exact) mass is 215 g/mol. The Labute approximate surface area is 96.7 Å². The lowest BCUT2D eigenvalue weighted by atomic mass is 9.76. The van der Waals surface area contributed by atoms with E-state index in [1.54, 1.807) is 6.20 Å². The highest BCUT2D eigenvalue weighted by molar-refractivity contribution is 5.27. The van der Waals surface area contributed by atoms with Gasteiger partial charge in [0, 0.05) is 19.3 Å². The van der Waals surface area contributed by atoms with Crippen LogP contribution >= 0.6 is 0 Å². The maximum Gasteiger partial charge on any atom is 0.102 e. The van der Waals surface area contributed by atoms with Gasteiger partial charge >= 0.3 is 0 Å². The van der Waals surface area contributed by atoms with Crippen molar-refractivity contribution in [1.29, 1.82) is 5.26 Å². The van der Waals surface area contributed by atoms with Gasteiger partial charge in [-0.1, -0.05) is 13.0 Å². The van der Waals surface area contributed by atoms with Crippen molar-refractivity contribution in [2.75, 3.05) is 19.6 Å². The molecule has 2 heterocycles. The molecule has 2 rings (SSSR count). The molecule has 16 heavy (non-hydrogen) atoms. The first-order chi connectivity index (χ1) is 7.80. The molecule has 0 aliphatic carbocycles. The fraction of sp³-hybridized carbons (Fsp3) is 0.538. The van der Waals surface area contributed by atoms with Crippen molar-refractivity contribution in [2.24, 2.45) is 0 Å². The summed E-state index contributed by atoms with van der Waals surface area (Å²) in [4.78, 5) is 6.74. The lowest BCUT2D eigenvalue weighted by Crippen LogP contribution is -2.42. The zero-order valence-electron chi connectivity index (χ0n) is 9.69. The van der Waals surface area contributed by atoms with Gasteiger partial charge in [0.05, 0.1) is 11.8 Å². The van der Waals surface area contributed by atoms with Gasteiger partial charge in [-0.15, -0.1) is 0 Å². The molecule has 0 atom stereocenters. The molecule has 0 saturated carbocycles. The van der Waals surface area contributed by atoms with Crippen LogP contribution in [0.5, 0.6) is 0 Å². The van der Waals surface area contributed by atoms with Gasteiger partial charge in [-0.25, -0.2) is 0 Å². The van der Waals surface area contributed by atoms with E-state index >= 15 is 0 Å². The predicted molar refractivity (Wildman–Crippen MR) is 62.9 cm³/mol. The second kappa shape index (κ2) is 4.63. The second-order valence-electron chi connectivity index (χ2n) is 4.34. The van der Waals surface area contributed by atoms with E-state index in [1.165, 1.54) is 0 Å². The van der Waals surface area contributed by atoms with Crippen LogP contribution in [0.15, 0.2) is 24.4 Å². The highest BCUT2D eigenvalue weighted by atomic mass is 15.1. The molecule has 84 valence electrons. The Hall–Kier alpha value is -1.40. The molecule has 0 spiro atoms. The second-order valence-corrected chi connectivity index (χ2v) is 4.34. The lowest BCUT2D eigenvalue weighted by molar-refractivity contribution is 0.192. The van der Waals surface area contributed by atoms with E-state index in [2.05, 4.69) is 22.9 Å². The van der Waals surface area contributed by atoms with Crippen LogP contribution in [0, 0.1) is 11.3 Å². The number of nitrogens with zero attached hydrogens (tertiary/aromatic N) is 3. The minimum atomic E-state index is -0.354. The van der Waals surface area contributed by atoms with Gasteiger partial charge < -0.3 is 4.90 Å². The molecule has 0 unspecified atom stereocenters. The highest BCUT2D eigenvalue weighted by Crippen LogP contribution is 2.33. The Bertz CT molecular complexity index is 372. The van der Waals surface area contributed by atoms with Crippen molar-refractivity contribution in [2.45, 2.75) is 25.2 Å². The zero-order chi connectivity index (χ0) is 11.4. The van der Waals surface area contributed by atoms with Crippen molar-refractivity contribution in [1.82, 2.24) is 9.88 Å². The number of hydrogen-bond acceptors (Lipinski definition) is 3. The lowest BCUT2D eigenvalue weighted by Gasteiger charge is -2.36. The zero-order valence-corrected chi connectivity index (χ0v) is 9.69. The third kappa shape index (κ3) is 1.94. The molecular formula is C13H17N3. The fourth-order valence-electron chi connectivity index (χ4n) is 2.32. The molecule has 3 nitrogen and oxygen atoms in total. The Morgan fingerprint density at radius 3 is 2.69 bits per heavy atom. The van der Waals surface area contributed by atoms with E-state index in [4.69, 9.17) is 0 Å². The number of nitriles is 1. The highest BCUT2D eigenvalue weighted by Gasteiger charge is 2.37. The van der Waals surface area contributed by atoms with E-state index in [-0.39, 0.29) is 5.41 Å². The summed E-state index contributed by atoms with van der Waals surface area (Å²) < 4.78 is 0. The average molecular weight is 215 g/mol. The van der Waals surface area contributed by atoms with Gasteiger partial charge in [-0.3, -0.25) is 4.98 Å². The average Bonchev–Trinajstić information content (AvgIpc) is 2.40. The largest absolute Gasteiger partial charge is 0.303 e. The van der Waals surface area contributed by atoms with Crippen molar-refractivity contribution in [3.63, 3.8) is 0 Å². The standard InChI is InChI=1S/C13H17N3/c1-2-16-9-6-13(11-14,7-10-16)12-5-3-4-8-15-12/h3-5,8H,2,6-7,9-10H2,1H3. The molecule has 1 aromatic rings. The van der Waals surface area contributed by atoms with Crippen LogP contribution in [0.3, 0.4) is 0 Å². The molecule has 1 aliphatic rings. The summed E-state index contributed by atoms with van der Waals surface area (Å²) in [7, 11) is 0. The molecule has 1 aliphatic heterocycles. The van der Waals surface area contributed by atoms with Crippen molar-refractivity contribution in [3.05, 3.63) is 30.1 Å². The van der Waals surface area contributed by atoms with Crippen LogP contribution in [0.25, 0.3) is 0 Å². The molecule has 0 bridgehead atoms. The van der Waals surface area contributed by atoms with Gasteiger partial charge in [0.25, 0.3) is 0 Å². The third-order valence-electron chi connectivity index (χ3n) is 3.53. The number of piperidine rings is 1. The minimum Gasteiger partial charge on any atom is -0.303 e. The molecule has 1 saturated heterocycles. The molecule has 0 radical (unpaired) electrons. The van der Waals surface area contributed by atoms with Crippen molar-refractivity contribution < 1.29 is 0 Å². The molecule has 0 aromatic carbocycles. The van der Waals surface area contributed by atoms with Gasteiger partial charge in [-0.05, 0) is 31.5 Å². The first kappa shape index (κ1) is 11.1. The van der Waals surface area contributed by atoms with Gasteiger partial charge in [-0.2, -0.15) is 5.26 Å². The summed E-state index contributed by atoms with van der Waals surface area (Å²) >= 11 is 0. The maximum atomic E-state index is 9.45. The van der Waals surface area contributed by atoms with Gasteiger partial charge in [0.2, 0.25) is 0 Å². The van der Waals surface area contributed by atoms with E-state index < -0.39 is 0 Å². The number of pyridine rings is 1. The topological polar surface area (TPSA) is 39.9 Å². The Balaban J connectivity index is 2.20. The Kier molecular flexibility index (Phi) is 3.21. The van der Waals surface area contributed by atoms with E-state index in [1.807, 2.05) is 18.2 Å². The van der Waals surface area contributed by atoms with Crippen molar-refractivity contribution >= 4 is 0 Å². The summed E-state index contributed by atoms with van der Waals surface area (Å²) in [6.07, 6.45) is 3.57. The number of rotatable bonds is 2. The third-order valence-corrected chi connectivity index (χ3v) is 3.53. The van der Waals surface area contributed by atoms with Crippen LogP contribution in [-0.2, 0) is 5.41 Å². The smallest absolute Gasteiger partial charge is 0.102 e. The molecular weight excluding hydrogens is 198 g/mol. The Morgan fingerprint density at radius 1 is 1.44 bits per heavy atom. The molecule has 1 aromatic heterocycles. The van der Waals surface area contributed by atoms with E-state index in [0.29, 0.717) is 0 Å². The summed E-state index contributed by atoms with van der Waals surface area (Å²) in [5.41, 5.74) is 0.584. The normalized spacial score (nSPS) is 20.2. The summed E-state index contributed by atoms with van der Waals surface area (Å²) in [6, 6.07) is 8.33. The quantitative estimate of drug-likeness (QED) is 0.757. The Morgan fingerprint density at radius 2 is 2.19 bits per heavy atom. The SMILES string of the molecule is CCN1CCC(C#N)(c2ccccn2)CC1. The fourth-order valence-corrected chi connectivity index (χ4v) is 2.32. The first-order valence-electron chi connectivity index (χ1n) is 5.86. The van der Waals surface area contributed by atoms with Crippen molar-refractivity contribution in [3.8, 4) is 6.07 Å². The van der Waals surface area contributed by atoms with E-state index in [9.17, 15) is 5.26 Å². The maximum absolute atomic E-state index is 9.45. The predicted octanol–water partition coefficient (Wildman–Crippen LogP) is 1.96. The molecule has 3 heteroatoms. The first-order valence-corrected chi connectivity index (χ1v) is 5.86. The molecule has 0 N–H and O–H groups in total. The van der Waals surface area contributed by atoms with Crippen LogP contribution in [0.1, 0.15) is 25.5 Å². The van der Waals surface area contributed by atoms with Crippen LogP contribution in [0.4, 0.5) is 0 Å². The van der Waals surface area contributed by atoms with Gasteiger partial charge in [0.1, 0.15) is 5.41 Å². The number of likely N-dealkylation sites (tertiary alicyclic amines) is 1. The number of aromatic nitrogens is 1. The van der Waals surface area contributed by atoms with Crippen LogP contribution < -0.4 is 0 Å².